The second-order valence-corrected chi connectivity index (χ2v) is 32.3. The Kier molecular flexibility index (Phi) is 54.0. The first-order valence-electron chi connectivity index (χ1n) is 41.4. The van der Waals surface area contributed by atoms with E-state index < -0.39 is 18.0 Å². The van der Waals surface area contributed by atoms with Gasteiger partial charge < -0.3 is 10.2 Å². The van der Waals surface area contributed by atoms with Gasteiger partial charge in [-0.25, -0.2) is 0 Å². The highest BCUT2D eigenvalue weighted by Crippen LogP contribution is 2.69. The number of aliphatic carboxylic acids is 1. The van der Waals surface area contributed by atoms with Crippen LogP contribution in [0.5, 0.6) is 0 Å². The van der Waals surface area contributed by atoms with Crippen LogP contribution in [0.15, 0.2) is 0 Å². The second kappa shape index (κ2) is 56.9. The van der Waals surface area contributed by atoms with Crippen molar-refractivity contribution < 1.29 is 15.0 Å². The Morgan fingerprint density at radius 3 is 0.575 bits per heavy atom. The number of aliphatic hydroxyl groups is 1. The SMILES string of the molecule is CCCCCCCCCCCCCCCCCCCCCCCCC(C(=O)O)C(O)CCCCCCCCCCCCCCCCC[C@@]1(C)C[C@@]1(C)CCCCCCCCCCCC[C@@]1(C)C[C@@]1(C)CCCCCCCCCCCCCCCCCC. The molecule has 2 rings (SSSR count). The fourth-order valence-electron chi connectivity index (χ4n) is 16.5. The number of unbranched alkanes of at least 4 members (excludes halogenated alkanes) is 59. The van der Waals surface area contributed by atoms with Gasteiger partial charge in [-0.3, -0.25) is 4.79 Å². The van der Waals surface area contributed by atoms with Crippen molar-refractivity contribution in [2.24, 2.45) is 27.6 Å². The second-order valence-electron chi connectivity index (χ2n) is 32.3. The number of carbonyl (C=O) groups is 1. The minimum absolute atomic E-state index is 0.584. The van der Waals surface area contributed by atoms with E-state index in [9.17, 15) is 15.0 Å². The lowest BCUT2D eigenvalue weighted by Gasteiger charge is -2.19. The highest BCUT2D eigenvalue weighted by Gasteiger charge is 2.59. The Labute approximate surface area is 549 Å². The van der Waals surface area contributed by atoms with Gasteiger partial charge in [0.15, 0.2) is 0 Å². The van der Waals surface area contributed by atoms with E-state index in [1.54, 1.807) is 0 Å². The van der Waals surface area contributed by atoms with E-state index in [-0.39, 0.29) is 0 Å². The Bertz CT molecular complexity index is 1460. The maximum Gasteiger partial charge on any atom is 0.309 e. The number of hydrogen-bond acceptors (Lipinski definition) is 2. The predicted octanol–water partition coefficient (Wildman–Crippen LogP) is 29.8. The van der Waals surface area contributed by atoms with Crippen molar-refractivity contribution in [3.63, 3.8) is 0 Å². The average Bonchev–Trinajstić information content (AvgIpc) is 1.63. The molecule has 87 heavy (non-hydrogen) atoms. The molecule has 2 unspecified atom stereocenters. The number of hydrogen-bond donors (Lipinski definition) is 2. The van der Waals surface area contributed by atoms with E-state index in [0.717, 1.165) is 25.7 Å². The molecule has 0 bridgehead atoms. The summed E-state index contributed by atoms with van der Waals surface area (Å²) in [6.45, 7) is 15.1. The fourth-order valence-corrected chi connectivity index (χ4v) is 16.5. The van der Waals surface area contributed by atoms with Crippen LogP contribution in [0.25, 0.3) is 0 Å². The van der Waals surface area contributed by atoms with E-state index in [4.69, 9.17) is 0 Å². The van der Waals surface area contributed by atoms with Crippen LogP contribution in [0.1, 0.15) is 497 Å². The third-order valence-electron chi connectivity index (χ3n) is 23.9. The van der Waals surface area contributed by atoms with Gasteiger partial charge in [-0.1, -0.05) is 446 Å². The van der Waals surface area contributed by atoms with Gasteiger partial charge in [0, 0.05) is 0 Å². The van der Waals surface area contributed by atoms with Crippen molar-refractivity contribution in [1.29, 1.82) is 0 Å². The quantitative estimate of drug-likeness (QED) is 0.0597. The maximum absolute atomic E-state index is 12.0. The number of rotatable bonds is 73. The van der Waals surface area contributed by atoms with Gasteiger partial charge in [-0.15, -0.1) is 0 Å². The van der Waals surface area contributed by atoms with Crippen LogP contribution >= 0.6 is 0 Å². The molecule has 0 aromatic rings. The molecule has 6 atom stereocenters. The first-order chi connectivity index (χ1) is 42.5. The molecule has 0 spiro atoms. The summed E-state index contributed by atoms with van der Waals surface area (Å²) in [5.41, 5.74) is 2.57. The lowest BCUT2D eigenvalue weighted by Crippen LogP contribution is -2.28. The minimum Gasteiger partial charge on any atom is -0.481 e. The molecule has 0 aromatic heterocycles. The van der Waals surface area contributed by atoms with Crippen LogP contribution in [-0.2, 0) is 4.79 Å². The third-order valence-corrected chi connectivity index (χ3v) is 23.9. The molecule has 3 heteroatoms. The van der Waals surface area contributed by atoms with Gasteiger partial charge in [0.2, 0.25) is 0 Å². The zero-order valence-electron chi connectivity index (χ0n) is 61.2. The predicted molar refractivity (Wildman–Crippen MR) is 389 cm³/mol. The van der Waals surface area contributed by atoms with Crippen molar-refractivity contribution in [2.75, 3.05) is 0 Å². The van der Waals surface area contributed by atoms with Crippen molar-refractivity contribution in [3.05, 3.63) is 0 Å². The van der Waals surface area contributed by atoms with Crippen molar-refractivity contribution >= 4 is 5.97 Å². The van der Waals surface area contributed by atoms with Crippen molar-refractivity contribution in [2.45, 2.75) is 504 Å². The van der Waals surface area contributed by atoms with Crippen LogP contribution in [0.4, 0.5) is 0 Å². The third kappa shape index (κ3) is 45.4. The number of carboxylic acids is 1. The van der Waals surface area contributed by atoms with Gasteiger partial charge in [-0.2, -0.15) is 0 Å². The highest BCUT2D eigenvalue weighted by molar-refractivity contribution is 5.70. The van der Waals surface area contributed by atoms with Gasteiger partial charge in [0.1, 0.15) is 0 Å². The first kappa shape index (κ1) is 82.5. The lowest BCUT2D eigenvalue weighted by molar-refractivity contribution is -0.146. The number of carboxylic acid groups (broad SMARTS) is 1. The monoisotopic (exact) mass is 1220 g/mol. The summed E-state index contributed by atoms with van der Waals surface area (Å²) >= 11 is 0. The van der Waals surface area contributed by atoms with E-state index >= 15 is 0 Å². The molecule has 2 aliphatic carbocycles. The van der Waals surface area contributed by atoms with E-state index in [1.165, 1.54) is 417 Å². The molecule has 0 aliphatic heterocycles. The van der Waals surface area contributed by atoms with E-state index in [2.05, 4.69) is 41.5 Å². The molecule has 3 nitrogen and oxygen atoms in total. The molecule has 0 saturated heterocycles. The lowest BCUT2D eigenvalue weighted by atomic mass is 9.86. The molecular formula is C84H164O3. The average molecular weight is 1220 g/mol. The van der Waals surface area contributed by atoms with E-state index in [1.807, 2.05) is 0 Å². The molecule has 0 radical (unpaired) electrons. The zero-order valence-corrected chi connectivity index (χ0v) is 61.2. The summed E-state index contributed by atoms with van der Waals surface area (Å²) in [7, 11) is 0. The van der Waals surface area contributed by atoms with Crippen LogP contribution < -0.4 is 0 Å². The first-order valence-corrected chi connectivity index (χ1v) is 41.4. The summed E-state index contributed by atoms with van der Waals surface area (Å²) in [5.74, 6) is -1.38. The largest absolute Gasteiger partial charge is 0.481 e. The Balaban J connectivity index is 1.26. The normalized spacial score (nSPS) is 20.6. The van der Waals surface area contributed by atoms with Crippen molar-refractivity contribution in [1.82, 2.24) is 0 Å². The molecule has 0 amide bonds. The summed E-state index contributed by atoms with van der Waals surface area (Å²) in [6.07, 6.45) is 97.9. The van der Waals surface area contributed by atoms with Crippen LogP contribution in [0.2, 0.25) is 0 Å². The molecule has 2 fully saturated rings. The smallest absolute Gasteiger partial charge is 0.309 e. The molecule has 518 valence electrons. The number of aliphatic hydroxyl groups excluding tert-OH is 1. The molecule has 0 heterocycles. The van der Waals surface area contributed by atoms with Gasteiger partial charge >= 0.3 is 5.97 Å². The molecule has 2 N–H and O–H groups in total. The summed E-state index contributed by atoms with van der Waals surface area (Å²) in [5, 5.41) is 20.6. The molecule has 2 aliphatic rings. The Morgan fingerprint density at radius 2 is 0.402 bits per heavy atom. The molecule has 0 aromatic carbocycles. The topological polar surface area (TPSA) is 57.5 Å². The van der Waals surface area contributed by atoms with Gasteiger partial charge in [0.25, 0.3) is 0 Å². The zero-order chi connectivity index (χ0) is 62.9. The van der Waals surface area contributed by atoms with E-state index in [0.29, 0.717) is 34.5 Å². The highest BCUT2D eigenvalue weighted by atomic mass is 16.4. The van der Waals surface area contributed by atoms with Crippen LogP contribution in [-0.4, -0.2) is 22.3 Å². The Hall–Kier alpha value is -0.570. The summed E-state index contributed by atoms with van der Waals surface area (Å²) in [4.78, 5) is 12.0. The minimum atomic E-state index is -0.797. The fraction of sp³-hybridized carbons (Fsp3) is 0.988. The summed E-state index contributed by atoms with van der Waals surface area (Å²) < 4.78 is 0. The van der Waals surface area contributed by atoms with Gasteiger partial charge in [0.05, 0.1) is 12.0 Å². The molecule has 2 saturated carbocycles. The van der Waals surface area contributed by atoms with Crippen LogP contribution in [0, 0.1) is 27.6 Å². The molecular weight excluding hydrogens is 1060 g/mol. The van der Waals surface area contributed by atoms with Crippen molar-refractivity contribution in [3.8, 4) is 0 Å². The van der Waals surface area contributed by atoms with Gasteiger partial charge in [-0.05, 0) is 73.0 Å². The summed E-state index contributed by atoms with van der Waals surface area (Å²) in [6, 6.07) is 0. The van der Waals surface area contributed by atoms with Crippen LogP contribution in [0.3, 0.4) is 0 Å². The standard InChI is InChI=1S/C84H164O3/c1-7-9-11-13-15-17-19-21-23-25-26-27-28-29-30-32-36-40-46-52-58-64-70-78(80(86)87)79(85)71-65-59-53-47-41-37-33-31-35-39-43-49-55-61-67-73-82(4)77-84(82,6)75-69-63-57-51-45-44-50-56-62-68-74-83(5)76-81(83,3)72-66-60-54-48-42-38-34-24-22-20-18-16-14-12-10-8-2/h78-79,85H,7-77H2,1-6H3,(H,86,87)/t78?,79?,81-,82+,83+,84-/m1/s1. The maximum atomic E-state index is 12.0. The Morgan fingerprint density at radius 1 is 0.253 bits per heavy atom.